The van der Waals surface area contributed by atoms with E-state index in [4.69, 9.17) is 19.4 Å². The van der Waals surface area contributed by atoms with Crippen LogP contribution in [0.2, 0.25) is 0 Å². The number of rotatable bonds is 4. The number of anilines is 1. The van der Waals surface area contributed by atoms with Crippen molar-refractivity contribution in [2.45, 2.75) is 32.2 Å². The molecule has 0 radical (unpaired) electrons. The van der Waals surface area contributed by atoms with E-state index in [0.717, 1.165) is 73.5 Å². The predicted molar refractivity (Wildman–Crippen MR) is 127 cm³/mol. The summed E-state index contributed by atoms with van der Waals surface area (Å²) in [6, 6.07) is 10.4. The van der Waals surface area contributed by atoms with Crippen LogP contribution in [0.1, 0.15) is 44.5 Å². The summed E-state index contributed by atoms with van der Waals surface area (Å²) in [6.07, 6.45) is 1.36. The number of aromatic nitrogens is 2. The van der Waals surface area contributed by atoms with Gasteiger partial charge in [0.15, 0.2) is 17.3 Å². The zero-order valence-corrected chi connectivity index (χ0v) is 19.4. The van der Waals surface area contributed by atoms with Crippen LogP contribution in [0.4, 0.5) is 5.95 Å². The molecule has 2 aliphatic heterocycles. The molecule has 0 spiro atoms. The minimum atomic E-state index is 0.173. The molecule has 2 aromatic heterocycles. The number of Topliss-reactive ketones (excluding diaryl/α,β-unsaturated/α-hetero) is 1. The summed E-state index contributed by atoms with van der Waals surface area (Å²) in [7, 11) is 0. The number of thiophene rings is 1. The van der Waals surface area contributed by atoms with E-state index < -0.39 is 0 Å². The molecule has 3 aromatic rings. The van der Waals surface area contributed by atoms with Gasteiger partial charge in [0.05, 0.1) is 17.0 Å². The van der Waals surface area contributed by atoms with Gasteiger partial charge in [-0.25, -0.2) is 9.97 Å². The minimum Gasteiger partial charge on any atom is -0.454 e. The number of nitrogens with zero attached hydrogens (tertiary/aromatic N) is 4. The van der Waals surface area contributed by atoms with Gasteiger partial charge in [0.25, 0.3) is 0 Å². The molecular weight excluding hydrogens is 436 g/mol. The van der Waals surface area contributed by atoms with Crippen molar-refractivity contribution in [3.8, 4) is 11.5 Å². The van der Waals surface area contributed by atoms with E-state index in [0.29, 0.717) is 13.2 Å². The van der Waals surface area contributed by atoms with E-state index in [1.807, 2.05) is 13.0 Å². The Hall–Kier alpha value is -2.97. The van der Waals surface area contributed by atoms with Gasteiger partial charge in [0, 0.05) is 49.9 Å². The Balaban J connectivity index is 1.15. The number of aryl methyl sites for hydroxylation is 1. The molecule has 4 heterocycles. The normalized spacial score (nSPS) is 20.2. The summed E-state index contributed by atoms with van der Waals surface area (Å²) in [5.74, 6) is 2.81. The second-order valence-corrected chi connectivity index (χ2v) is 9.90. The van der Waals surface area contributed by atoms with Crippen LogP contribution in [0.3, 0.4) is 0 Å². The molecule has 0 N–H and O–H groups in total. The lowest BCUT2D eigenvalue weighted by Gasteiger charge is -2.35. The Labute approximate surface area is 197 Å². The maximum Gasteiger partial charge on any atom is 0.231 e. The van der Waals surface area contributed by atoms with E-state index in [2.05, 4.69) is 39.4 Å². The lowest BCUT2D eigenvalue weighted by molar-refractivity contribution is 0.0962. The van der Waals surface area contributed by atoms with Crippen LogP contribution in [0, 0.1) is 6.92 Å². The summed E-state index contributed by atoms with van der Waals surface area (Å²) < 4.78 is 10.9. The molecular formula is C25H26N4O3S. The van der Waals surface area contributed by atoms with E-state index in [9.17, 15) is 4.79 Å². The number of ether oxygens (including phenoxy) is 2. The molecule has 1 unspecified atom stereocenters. The molecule has 1 fully saturated rings. The minimum absolute atomic E-state index is 0.173. The van der Waals surface area contributed by atoms with Crippen LogP contribution < -0.4 is 14.4 Å². The van der Waals surface area contributed by atoms with Gasteiger partial charge >= 0.3 is 0 Å². The maximum absolute atomic E-state index is 12.9. The largest absolute Gasteiger partial charge is 0.454 e. The number of ketones is 1. The highest BCUT2D eigenvalue weighted by molar-refractivity contribution is 7.10. The van der Waals surface area contributed by atoms with E-state index in [1.165, 1.54) is 10.4 Å². The van der Waals surface area contributed by atoms with E-state index in [-0.39, 0.29) is 11.7 Å². The molecule has 170 valence electrons. The number of hydrogen-bond donors (Lipinski definition) is 0. The zero-order chi connectivity index (χ0) is 22.4. The van der Waals surface area contributed by atoms with Gasteiger partial charge in [-0.15, -0.1) is 11.3 Å². The molecule has 0 saturated carbocycles. The SMILES string of the molecule is Cc1nc(N2CCN(Cc3ccc4c(c3)OCO4)CC2)nc2c1C(=O)CC(c1cccs1)C2. The zero-order valence-electron chi connectivity index (χ0n) is 18.6. The first-order chi connectivity index (χ1) is 16.1. The summed E-state index contributed by atoms with van der Waals surface area (Å²) >= 11 is 1.72. The Morgan fingerprint density at radius 3 is 2.73 bits per heavy atom. The third-order valence-electron chi connectivity index (χ3n) is 6.75. The van der Waals surface area contributed by atoms with Crippen LogP contribution in [0.5, 0.6) is 11.5 Å². The number of carbonyl (C=O) groups excluding carboxylic acids is 1. The number of carbonyl (C=O) groups is 1. The van der Waals surface area contributed by atoms with Crippen LogP contribution in [0.25, 0.3) is 0 Å². The van der Waals surface area contributed by atoms with Crippen LogP contribution >= 0.6 is 11.3 Å². The number of fused-ring (bicyclic) bond motifs is 2. The van der Waals surface area contributed by atoms with Gasteiger partial charge in [-0.05, 0) is 42.5 Å². The van der Waals surface area contributed by atoms with Crippen molar-refractivity contribution in [3.63, 3.8) is 0 Å². The molecule has 0 amide bonds. The van der Waals surface area contributed by atoms with Crippen LogP contribution in [-0.2, 0) is 13.0 Å². The fraction of sp³-hybridized carbons (Fsp3) is 0.400. The first-order valence-corrected chi connectivity index (χ1v) is 12.3. The maximum atomic E-state index is 12.9. The average molecular weight is 463 g/mol. The van der Waals surface area contributed by atoms with Gasteiger partial charge in [0.1, 0.15) is 0 Å². The molecule has 1 saturated heterocycles. The monoisotopic (exact) mass is 462 g/mol. The van der Waals surface area contributed by atoms with Crippen molar-refractivity contribution in [1.29, 1.82) is 0 Å². The van der Waals surface area contributed by atoms with Crippen molar-refractivity contribution in [3.05, 3.63) is 63.1 Å². The fourth-order valence-corrected chi connectivity index (χ4v) is 5.86. The molecule has 7 nitrogen and oxygen atoms in total. The average Bonchev–Trinajstić information content (AvgIpc) is 3.51. The standard InChI is InChI=1S/C25H26N4O3S/c1-16-24-19(12-18(13-20(24)30)23-3-2-10-33-23)27-25(26-16)29-8-6-28(7-9-29)14-17-4-5-21-22(11-17)32-15-31-21/h2-5,10-11,18H,6-9,12-15H2,1H3. The highest BCUT2D eigenvalue weighted by Gasteiger charge is 2.31. The topological polar surface area (TPSA) is 67.8 Å². The Morgan fingerprint density at radius 1 is 1.06 bits per heavy atom. The molecule has 1 atom stereocenters. The quantitative estimate of drug-likeness (QED) is 0.584. The van der Waals surface area contributed by atoms with Crippen LogP contribution in [0.15, 0.2) is 35.7 Å². The highest BCUT2D eigenvalue weighted by atomic mass is 32.1. The van der Waals surface area contributed by atoms with Crippen molar-refractivity contribution in [2.24, 2.45) is 0 Å². The fourth-order valence-electron chi connectivity index (χ4n) is 5.03. The Morgan fingerprint density at radius 2 is 1.91 bits per heavy atom. The van der Waals surface area contributed by atoms with Crippen molar-refractivity contribution >= 4 is 23.1 Å². The molecule has 1 aromatic carbocycles. The second kappa shape index (κ2) is 8.43. The molecule has 1 aliphatic carbocycles. The number of benzene rings is 1. The third kappa shape index (κ3) is 3.98. The number of hydrogen-bond acceptors (Lipinski definition) is 8. The highest BCUT2D eigenvalue weighted by Crippen LogP contribution is 2.36. The molecule has 8 heteroatoms. The van der Waals surface area contributed by atoms with Crippen LogP contribution in [-0.4, -0.2) is 53.6 Å². The van der Waals surface area contributed by atoms with E-state index in [1.54, 1.807) is 11.3 Å². The lowest BCUT2D eigenvalue weighted by Crippen LogP contribution is -2.46. The smallest absolute Gasteiger partial charge is 0.231 e. The Bertz CT molecular complexity index is 1190. The molecule has 3 aliphatic rings. The van der Waals surface area contributed by atoms with Gasteiger partial charge in [-0.2, -0.15) is 0 Å². The lowest BCUT2D eigenvalue weighted by atomic mass is 9.84. The summed E-state index contributed by atoms with van der Waals surface area (Å²) in [5, 5.41) is 2.08. The summed E-state index contributed by atoms with van der Waals surface area (Å²) in [6.45, 7) is 6.73. The van der Waals surface area contributed by atoms with Gasteiger partial charge in [-0.1, -0.05) is 12.1 Å². The van der Waals surface area contributed by atoms with Crippen molar-refractivity contribution in [1.82, 2.24) is 14.9 Å². The second-order valence-electron chi connectivity index (χ2n) is 8.93. The summed E-state index contributed by atoms with van der Waals surface area (Å²) in [5.41, 5.74) is 3.70. The summed E-state index contributed by atoms with van der Waals surface area (Å²) in [4.78, 5) is 28.5. The number of piperazine rings is 1. The van der Waals surface area contributed by atoms with Crippen molar-refractivity contribution in [2.75, 3.05) is 37.9 Å². The van der Waals surface area contributed by atoms with Gasteiger partial charge < -0.3 is 14.4 Å². The molecule has 33 heavy (non-hydrogen) atoms. The van der Waals surface area contributed by atoms with Crippen molar-refractivity contribution < 1.29 is 14.3 Å². The first kappa shape index (κ1) is 20.6. The predicted octanol–water partition coefficient (Wildman–Crippen LogP) is 3.81. The molecule has 0 bridgehead atoms. The van der Waals surface area contributed by atoms with Gasteiger partial charge in [0.2, 0.25) is 12.7 Å². The Kier molecular flexibility index (Phi) is 5.27. The molecule has 6 rings (SSSR count). The first-order valence-electron chi connectivity index (χ1n) is 11.4. The van der Waals surface area contributed by atoms with Gasteiger partial charge in [-0.3, -0.25) is 9.69 Å². The third-order valence-corrected chi connectivity index (χ3v) is 7.78. The van der Waals surface area contributed by atoms with E-state index >= 15 is 0 Å².